The summed E-state index contributed by atoms with van der Waals surface area (Å²) < 4.78 is 28.1. The van der Waals surface area contributed by atoms with Crippen molar-refractivity contribution < 1.29 is 38.1 Å². The summed E-state index contributed by atoms with van der Waals surface area (Å²) in [5.74, 6) is -2.14. The molecule has 8 atom stereocenters. The smallest absolute Gasteiger partial charge is 0.340 e. The standard InChI is InChI=1S/C21H24O8/c1-9-5-13(28-19(24)20(4)7-25-20)15-10(2)18(23)29-17(15)16-12(9)6-14(27-11(3)22)21(16)8-26-21/h12-17H,1-2,5-8H2,3-4H3. The Bertz CT molecular complexity index is 836. The van der Waals surface area contributed by atoms with Crippen LogP contribution in [0.4, 0.5) is 0 Å². The minimum Gasteiger partial charge on any atom is -0.459 e. The molecule has 2 saturated carbocycles. The van der Waals surface area contributed by atoms with E-state index in [1.54, 1.807) is 6.92 Å². The van der Waals surface area contributed by atoms with Gasteiger partial charge in [-0.1, -0.05) is 18.7 Å². The van der Waals surface area contributed by atoms with E-state index in [9.17, 15) is 14.4 Å². The topological polar surface area (TPSA) is 104 Å². The van der Waals surface area contributed by atoms with Crippen molar-refractivity contribution in [3.8, 4) is 0 Å². The third kappa shape index (κ3) is 2.69. The second-order valence-corrected chi connectivity index (χ2v) is 8.96. The fourth-order valence-corrected chi connectivity index (χ4v) is 5.35. The van der Waals surface area contributed by atoms with Crippen molar-refractivity contribution in [1.82, 2.24) is 0 Å². The zero-order chi connectivity index (χ0) is 20.7. The minimum atomic E-state index is -0.926. The molecule has 1 spiro atoms. The van der Waals surface area contributed by atoms with E-state index in [0.717, 1.165) is 5.57 Å². The summed E-state index contributed by atoms with van der Waals surface area (Å²) in [7, 11) is 0. The van der Waals surface area contributed by atoms with E-state index in [4.69, 9.17) is 23.7 Å². The third-order valence-electron chi connectivity index (χ3n) is 7.07. The molecule has 8 unspecified atom stereocenters. The molecule has 2 aliphatic carbocycles. The molecule has 3 heterocycles. The summed E-state index contributed by atoms with van der Waals surface area (Å²) >= 11 is 0. The number of carbonyl (C=O) groups excluding carboxylic acids is 3. The Hall–Kier alpha value is -2.19. The van der Waals surface area contributed by atoms with Gasteiger partial charge in [0.05, 0.1) is 19.1 Å². The molecule has 0 aromatic heterocycles. The molecule has 3 aliphatic heterocycles. The van der Waals surface area contributed by atoms with Gasteiger partial charge in [-0.05, 0) is 19.3 Å². The lowest BCUT2D eigenvalue weighted by molar-refractivity contribution is -0.160. The van der Waals surface area contributed by atoms with Crippen molar-refractivity contribution in [1.29, 1.82) is 0 Å². The molecule has 0 bridgehead atoms. The molecule has 0 amide bonds. The molecule has 8 nitrogen and oxygen atoms in total. The fourth-order valence-electron chi connectivity index (χ4n) is 5.35. The molecule has 0 N–H and O–H groups in total. The van der Waals surface area contributed by atoms with Crippen molar-refractivity contribution in [3.05, 3.63) is 24.3 Å². The first kappa shape index (κ1) is 18.8. The maximum absolute atomic E-state index is 12.5. The molecule has 0 aromatic carbocycles. The first-order valence-corrected chi connectivity index (χ1v) is 9.90. The summed E-state index contributed by atoms with van der Waals surface area (Å²) in [5, 5.41) is 0. The zero-order valence-electron chi connectivity index (χ0n) is 16.5. The van der Waals surface area contributed by atoms with Crippen LogP contribution in [0.25, 0.3) is 0 Å². The number of epoxide rings is 2. The van der Waals surface area contributed by atoms with Crippen molar-refractivity contribution in [3.63, 3.8) is 0 Å². The Morgan fingerprint density at radius 1 is 1.17 bits per heavy atom. The minimum absolute atomic E-state index is 0.0792. The van der Waals surface area contributed by atoms with Crippen LogP contribution in [0.5, 0.6) is 0 Å². The van der Waals surface area contributed by atoms with Gasteiger partial charge in [-0.3, -0.25) is 4.79 Å². The first-order chi connectivity index (χ1) is 13.7. The summed E-state index contributed by atoms with van der Waals surface area (Å²) in [6.07, 6.45) is -0.694. The summed E-state index contributed by atoms with van der Waals surface area (Å²) in [4.78, 5) is 36.6. The van der Waals surface area contributed by atoms with E-state index >= 15 is 0 Å². The lowest BCUT2D eigenvalue weighted by Gasteiger charge is -2.30. The van der Waals surface area contributed by atoms with Crippen LogP contribution < -0.4 is 0 Å². The number of esters is 3. The number of hydrogen-bond acceptors (Lipinski definition) is 8. The van der Waals surface area contributed by atoms with Crippen LogP contribution in [-0.4, -0.2) is 60.6 Å². The van der Waals surface area contributed by atoms with E-state index < -0.39 is 47.4 Å². The highest BCUT2D eigenvalue weighted by Gasteiger charge is 2.72. The number of hydrogen-bond donors (Lipinski definition) is 0. The number of ether oxygens (including phenoxy) is 5. The Kier molecular flexibility index (Phi) is 3.84. The van der Waals surface area contributed by atoms with Gasteiger partial charge >= 0.3 is 17.9 Å². The molecular weight excluding hydrogens is 380 g/mol. The van der Waals surface area contributed by atoms with E-state index in [1.165, 1.54) is 6.92 Å². The quantitative estimate of drug-likeness (QED) is 0.226. The van der Waals surface area contributed by atoms with Crippen LogP contribution in [0.15, 0.2) is 24.3 Å². The Morgan fingerprint density at radius 3 is 2.45 bits per heavy atom. The molecule has 0 radical (unpaired) electrons. The van der Waals surface area contributed by atoms with Gasteiger partial charge in [-0.25, -0.2) is 9.59 Å². The van der Waals surface area contributed by atoms with E-state index in [2.05, 4.69) is 13.2 Å². The van der Waals surface area contributed by atoms with Gasteiger partial charge in [-0.2, -0.15) is 0 Å². The summed E-state index contributed by atoms with van der Waals surface area (Å²) in [6.45, 7) is 11.9. The van der Waals surface area contributed by atoms with Gasteiger partial charge in [0.15, 0.2) is 5.60 Å². The van der Waals surface area contributed by atoms with Gasteiger partial charge in [-0.15, -0.1) is 0 Å². The molecule has 0 aromatic rings. The molecular formula is C21H24O8. The van der Waals surface area contributed by atoms with E-state index in [-0.39, 0.29) is 23.4 Å². The molecule has 8 heteroatoms. The van der Waals surface area contributed by atoms with Gasteiger partial charge in [0.1, 0.15) is 23.9 Å². The molecule has 5 rings (SSSR count). The fraction of sp³-hybridized carbons (Fsp3) is 0.667. The van der Waals surface area contributed by atoms with Crippen molar-refractivity contribution in [2.75, 3.05) is 13.2 Å². The predicted octanol–water partition coefficient (Wildman–Crippen LogP) is 1.08. The Morgan fingerprint density at radius 2 is 1.86 bits per heavy atom. The zero-order valence-corrected chi connectivity index (χ0v) is 16.5. The van der Waals surface area contributed by atoms with Gasteiger partial charge in [0, 0.05) is 24.8 Å². The number of carbonyl (C=O) groups is 3. The first-order valence-electron chi connectivity index (χ1n) is 9.90. The highest BCUT2D eigenvalue weighted by Crippen LogP contribution is 2.61. The lowest BCUT2D eigenvalue weighted by Crippen LogP contribution is -2.44. The average molecular weight is 404 g/mol. The SMILES string of the molecule is C=C1CC(OC(=O)C2(C)CO2)C2C(=C)C(=O)OC2C2C1CC(OC(C)=O)C21CO1. The molecule has 5 fully saturated rings. The lowest BCUT2D eigenvalue weighted by atomic mass is 9.78. The van der Waals surface area contributed by atoms with Crippen LogP contribution in [0.2, 0.25) is 0 Å². The van der Waals surface area contributed by atoms with Crippen molar-refractivity contribution >= 4 is 17.9 Å². The van der Waals surface area contributed by atoms with Crippen LogP contribution >= 0.6 is 0 Å². The molecule has 3 saturated heterocycles. The van der Waals surface area contributed by atoms with E-state index in [1.807, 2.05) is 0 Å². The Balaban J connectivity index is 1.49. The maximum Gasteiger partial charge on any atom is 0.340 e. The van der Waals surface area contributed by atoms with Gasteiger partial charge < -0.3 is 23.7 Å². The average Bonchev–Trinajstić information content (AvgIpc) is 3.53. The summed E-state index contributed by atoms with van der Waals surface area (Å²) in [5.41, 5.74) is -0.463. The maximum atomic E-state index is 12.5. The predicted molar refractivity (Wildman–Crippen MR) is 96.3 cm³/mol. The van der Waals surface area contributed by atoms with Crippen molar-refractivity contribution in [2.24, 2.45) is 17.8 Å². The van der Waals surface area contributed by atoms with Crippen molar-refractivity contribution in [2.45, 2.75) is 56.2 Å². The number of rotatable bonds is 3. The van der Waals surface area contributed by atoms with E-state index in [0.29, 0.717) is 26.1 Å². The molecule has 29 heavy (non-hydrogen) atoms. The largest absolute Gasteiger partial charge is 0.459 e. The second kappa shape index (κ2) is 5.92. The van der Waals surface area contributed by atoms with Crippen LogP contribution in [0.1, 0.15) is 26.7 Å². The molecule has 5 aliphatic rings. The normalized spacial score (nSPS) is 47.2. The van der Waals surface area contributed by atoms with Crippen LogP contribution in [0.3, 0.4) is 0 Å². The highest BCUT2D eigenvalue weighted by atomic mass is 16.7. The monoisotopic (exact) mass is 404 g/mol. The number of fused-ring (bicyclic) bond motifs is 4. The summed E-state index contributed by atoms with van der Waals surface area (Å²) in [6, 6.07) is 0. The third-order valence-corrected chi connectivity index (χ3v) is 7.07. The van der Waals surface area contributed by atoms with Gasteiger partial charge in [0.2, 0.25) is 0 Å². The Labute approximate surface area is 168 Å². The molecule has 156 valence electrons. The van der Waals surface area contributed by atoms with Gasteiger partial charge in [0.25, 0.3) is 0 Å². The second-order valence-electron chi connectivity index (χ2n) is 8.96. The van der Waals surface area contributed by atoms with Crippen LogP contribution in [0, 0.1) is 17.8 Å². The highest BCUT2D eigenvalue weighted by molar-refractivity contribution is 5.91. The van der Waals surface area contributed by atoms with Crippen LogP contribution in [-0.2, 0) is 38.1 Å².